The fraction of sp³-hybridized carbons (Fsp3) is 0.455. The minimum Gasteiger partial charge on any atom is -0.464 e. The maximum atomic E-state index is 11.5. The Morgan fingerprint density at radius 1 is 1.37 bits per heavy atom. The van der Waals surface area contributed by atoms with Crippen LogP contribution in [0.25, 0.3) is 0 Å². The van der Waals surface area contributed by atoms with Crippen LogP contribution in [0.4, 0.5) is 5.13 Å². The van der Waals surface area contributed by atoms with Gasteiger partial charge in [-0.2, -0.15) is 0 Å². The van der Waals surface area contributed by atoms with Gasteiger partial charge in [0.25, 0.3) is 0 Å². The lowest BCUT2D eigenvalue weighted by molar-refractivity contribution is -0.119. The number of esters is 1. The highest BCUT2D eigenvalue weighted by Gasteiger charge is 2.21. The van der Waals surface area contributed by atoms with Gasteiger partial charge in [0.15, 0.2) is 16.6 Å². The van der Waals surface area contributed by atoms with Crippen LogP contribution in [0.5, 0.6) is 0 Å². The average molecular weight is 285 g/mol. The Morgan fingerprint density at radius 3 is 2.58 bits per heavy atom. The van der Waals surface area contributed by atoms with Gasteiger partial charge in [0.05, 0.1) is 13.7 Å². The summed E-state index contributed by atoms with van der Waals surface area (Å²) in [6.07, 6.45) is 0. The minimum absolute atomic E-state index is 0.0271. The summed E-state index contributed by atoms with van der Waals surface area (Å²) in [5, 5.41) is 5.70. The second-order valence-corrected chi connectivity index (χ2v) is 4.55. The van der Waals surface area contributed by atoms with E-state index in [-0.39, 0.29) is 28.8 Å². The number of anilines is 1. The van der Waals surface area contributed by atoms with Crippen LogP contribution in [-0.4, -0.2) is 42.8 Å². The molecule has 0 bridgehead atoms. The van der Waals surface area contributed by atoms with Gasteiger partial charge in [-0.05, 0) is 6.92 Å². The van der Waals surface area contributed by atoms with Gasteiger partial charge in [0, 0.05) is 13.5 Å². The average Bonchev–Trinajstić information content (AvgIpc) is 2.80. The summed E-state index contributed by atoms with van der Waals surface area (Å²) in [4.78, 5) is 38.3. The number of rotatable bonds is 6. The maximum Gasteiger partial charge on any atom is 0.358 e. The van der Waals surface area contributed by atoms with Crippen LogP contribution < -0.4 is 10.6 Å². The van der Waals surface area contributed by atoms with Gasteiger partial charge < -0.3 is 15.4 Å². The predicted octanol–water partition coefficient (Wildman–Crippen LogP) is 0.680. The molecule has 1 heterocycles. The number of aromatic nitrogens is 1. The van der Waals surface area contributed by atoms with Gasteiger partial charge in [0.2, 0.25) is 5.91 Å². The Labute approximate surface area is 114 Å². The Hall–Kier alpha value is -1.96. The number of ketones is 1. The molecule has 19 heavy (non-hydrogen) atoms. The third-order valence-corrected chi connectivity index (χ3v) is 3.21. The van der Waals surface area contributed by atoms with Crippen molar-refractivity contribution in [2.75, 3.05) is 25.5 Å². The second-order valence-electron chi connectivity index (χ2n) is 3.55. The number of hydrogen-bond acceptors (Lipinski definition) is 7. The van der Waals surface area contributed by atoms with E-state index in [9.17, 15) is 14.4 Å². The molecule has 0 unspecified atom stereocenters. The highest BCUT2D eigenvalue weighted by Crippen LogP contribution is 2.24. The fourth-order valence-corrected chi connectivity index (χ4v) is 2.13. The number of amides is 1. The Morgan fingerprint density at radius 2 is 2.05 bits per heavy atom. The van der Waals surface area contributed by atoms with E-state index in [0.717, 1.165) is 11.3 Å². The number of ether oxygens (including phenoxy) is 1. The molecule has 0 aromatic carbocycles. The number of Topliss-reactive ketones (excluding diaryl/α,β-unsaturated/α-hetero) is 1. The second kappa shape index (κ2) is 6.83. The largest absolute Gasteiger partial charge is 0.464 e. The van der Waals surface area contributed by atoms with Gasteiger partial charge in [-0.15, -0.1) is 0 Å². The van der Waals surface area contributed by atoms with E-state index < -0.39 is 5.97 Å². The molecule has 0 aliphatic carbocycles. The lowest BCUT2D eigenvalue weighted by Crippen LogP contribution is -2.29. The number of methoxy groups -OCH3 is 1. The number of thiazole rings is 1. The molecule has 0 radical (unpaired) electrons. The molecule has 1 aromatic rings. The van der Waals surface area contributed by atoms with Crippen LogP contribution in [0.3, 0.4) is 0 Å². The van der Waals surface area contributed by atoms with Crippen LogP contribution in [0.2, 0.25) is 0 Å². The normalized spacial score (nSPS) is 9.84. The van der Waals surface area contributed by atoms with Crippen molar-refractivity contribution in [3.05, 3.63) is 10.6 Å². The van der Waals surface area contributed by atoms with Crippen molar-refractivity contribution in [2.24, 2.45) is 0 Å². The maximum absolute atomic E-state index is 11.5. The number of nitrogens with zero attached hydrogens (tertiary/aromatic N) is 1. The smallest absolute Gasteiger partial charge is 0.358 e. The molecule has 104 valence electrons. The summed E-state index contributed by atoms with van der Waals surface area (Å²) in [5.74, 6) is -1.14. The lowest BCUT2D eigenvalue weighted by Gasteiger charge is -2.02. The Balaban J connectivity index is 2.83. The van der Waals surface area contributed by atoms with Crippen LogP contribution in [-0.2, 0) is 9.53 Å². The summed E-state index contributed by atoms with van der Waals surface area (Å²) in [6, 6.07) is 0. The van der Waals surface area contributed by atoms with Crippen molar-refractivity contribution in [3.8, 4) is 0 Å². The highest BCUT2D eigenvalue weighted by molar-refractivity contribution is 7.17. The molecule has 1 aromatic heterocycles. The van der Waals surface area contributed by atoms with Crippen molar-refractivity contribution >= 4 is 34.1 Å². The van der Waals surface area contributed by atoms with Gasteiger partial charge in [-0.1, -0.05) is 11.3 Å². The van der Waals surface area contributed by atoms with Crippen LogP contribution in [0.15, 0.2) is 0 Å². The molecule has 7 nitrogen and oxygen atoms in total. The molecule has 0 saturated heterocycles. The molecule has 0 aliphatic heterocycles. The monoisotopic (exact) mass is 285 g/mol. The van der Waals surface area contributed by atoms with Crippen LogP contribution in [0.1, 0.15) is 34.0 Å². The third kappa shape index (κ3) is 4.02. The highest BCUT2D eigenvalue weighted by atomic mass is 32.1. The fourth-order valence-electron chi connectivity index (χ4n) is 1.28. The van der Waals surface area contributed by atoms with Crippen LogP contribution in [0, 0.1) is 0 Å². The van der Waals surface area contributed by atoms with Gasteiger partial charge in [-0.3, -0.25) is 9.59 Å². The van der Waals surface area contributed by atoms with Crippen molar-refractivity contribution < 1.29 is 19.1 Å². The molecule has 0 spiro atoms. The minimum atomic E-state index is -0.674. The van der Waals surface area contributed by atoms with E-state index in [4.69, 9.17) is 0 Å². The molecule has 0 saturated carbocycles. The van der Waals surface area contributed by atoms with E-state index in [2.05, 4.69) is 20.4 Å². The number of likely N-dealkylation sites (N-methyl/N-ethyl adjacent to an activating group) is 1. The van der Waals surface area contributed by atoms with Crippen molar-refractivity contribution in [1.82, 2.24) is 10.3 Å². The van der Waals surface area contributed by atoms with Crippen LogP contribution >= 0.6 is 11.3 Å². The molecule has 1 amide bonds. The summed E-state index contributed by atoms with van der Waals surface area (Å²) in [6.45, 7) is 3.71. The summed E-state index contributed by atoms with van der Waals surface area (Å²) in [5.41, 5.74) is -0.0293. The molecule has 1 rings (SSSR count). The quantitative estimate of drug-likeness (QED) is 0.589. The van der Waals surface area contributed by atoms with E-state index in [1.807, 2.05) is 6.92 Å². The van der Waals surface area contributed by atoms with Crippen molar-refractivity contribution in [3.63, 3.8) is 0 Å². The summed E-state index contributed by atoms with van der Waals surface area (Å²) >= 11 is 1.02. The zero-order valence-corrected chi connectivity index (χ0v) is 11.7. The number of carbonyl (C=O) groups excluding carboxylic acids is 3. The molecule has 0 atom stereocenters. The molecular formula is C11H15N3O4S. The zero-order valence-electron chi connectivity index (χ0n) is 10.9. The van der Waals surface area contributed by atoms with Gasteiger partial charge in [-0.25, -0.2) is 9.78 Å². The van der Waals surface area contributed by atoms with E-state index >= 15 is 0 Å². The van der Waals surface area contributed by atoms with Gasteiger partial charge >= 0.3 is 5.97 Å². The summed E-state index contributed by atoms with van der Waals surface area (Å²) < 4.78 is 4.55. The standard InChI is InChI=1S/C11H15N3O4S/c1-4-12-7(16)5-13-11-14-8(10(17)18-3)9(19-11)6(2)15/h4-5H2,1-3H3,(H,12,16)(H,13,14). The number of hydrogen-bond donors (Lipinski definition) is 2. The molecule has 0 aliphatic rings. The zero-order chi connectivity index (χ0) is 14.4. The van der Waals surface area contributed by atoms with Gasteiger partial charge in [0.1, 0.15) is 4.88 Å². The van der Waals surface area contributed by atoms with Crippen molar-refractivity contribution in [2.45, 2.75) is 13.8 Å². The summed E-state index contributed by atoms with van der Waals surface area (Å²) in [7, 11) is 1.22. The van der Waals surface area contributed by atoms with Crippen molar-refractivity contribution in [1.29, 1.82) is 0 Å². The first-order chi connectivity index (χ1) is 8.99. The topological polar surface area (TPSA) is 97.4 Å². The lowest BCUT2D eigenvalue weighted by atomic mass is 10.3. The van der Waals surface area contributed by atoms with E-state index in [0.29, 0.717) is 11.7 Å². The number of nitrogens with one attached hydrogen (secondary N) is 2. The number of carbonyl (C=O) groups is 3. The molecule has 8 heteroatoms. The predicted molar refractivity (Wildman–Crippen MR) is 70.6 cm³/mol. The SMILES string of the molecule is CCNC(=O)CNc1nc(C(=O)OC)c(C(C)=O)s1. The molecule has 0 fully saturated rings. The third-order valence-electron chi connectivity index (χ3n) is 2.10. The molecular weight excluding hydrogens is 270 g/mol. The molecule has 2 N–H and O–H groups in total. The van der Waals surface area contributed by atoms with E-state index in [1.165, 1.54) is 14.0 Å². The van der Waals surface area contributed by atoms with E-state index in [1.54, 1.807) is 0 Å². The first kappa shape index (κ1) is 15.1. The Bertz CT molecular complexity index is 498. The Kier molecular flexibility index (Phi) is 5.43. The first-order valence-electron chi connectivity index (χ1n) is 5.60. The first-order valence-corrected chi connectivity index (χ1v) is 6.41.